The van der Waals surface area contributed by atoms with Crippen molar-refractivity contribution in [3.05, 3.63) is 34.9 Å². The highest BCUT2D eigenvalue weighted by Crippen LogP contribution is 2.27. The van der Waals surface area contributed by atoms with Crippen LogP contribution in [0.25, 0.3) is 0 Å². The third-order valence-corrected chi connectivity index (χ3v) is 3.98. The number of rotatable bonds is 4. The molecular formula is C15H18F2N2. The second-order valence-corrected chi connectivity index (χ2v) is 5.24. The predicted molar refractivity (Wildman–Crippen MR) is 69.3 cm³/mol. The molecule has 1 unspecified atom stereocenters. The average Bonchev–Trinajstić information content (AvgIpc) is 2.91. The van der Waals surface area contributed by atoms with Crippen LogP contribution >= 0.6 is 0 Å². The maximum atomic E-state index is 13.7. The zero-order chi connectivity index (χ0) is 13.8. The molecule has 102 valence electrons. The molecule has 0 aliphatic heterocycles. The second kappa shape index (κ2) is 6.12. The van der Waals surface area contributed by atoms with Crippen LogP contribution in [0.3, 0.4) is 0 Å². The van der Waals surface area contributed by atoms with Gasteiger partial charge in [0.15, 0.2) is 0 Å². The minimum atomic E-state index is -0.650. The zero-order valence-electron chi connectivity index (χ0n) is 11.0. The summed E-state index contributed by atoms with van der Waals surface area (Å²) in [4.78, 5) is 0. The summed E-state index contributed by atoms with van der Waals surface area (Å²) in [5, 5.41) is 11.8. The van der Waals surface area contributed by atoms with Crippen molar-refractivity contribution in [2.45, 2.75) is 45.2 Å². The molecule has 0 saturated heterocycles. The maximum Gasteiger partial charge on any atom is 0.131 e. The molecule has 1 saturated carbocycles. The van der Waals surface area contributed by atoms with E-state index in [0.717, 1.165) is 12.1 Å². The van der Waals surface area contributed by atoms with Gasteiger partial charge in [-0.15, -0.1) is 0 Å². The molecular weight excluding hydrogens is 246 g/mol. The first-order valence-electron chi connectivity index (χ1n) is 6.73. The van der Waals surface area contributed by atoms with Crippen LogP contribution in [0.5, 0.6) is 0 Å². The van der Waals surface area contributed by atoms with Gasteiger partial charge in [-0.3, -0.25) is 0 Å². The molecule has 1 fully saturated rings. The van der Waals surface area contributed by atoms with Crippen molar-refractivity contribution < 1.29 is 8.78 Å². The zero-order valence-corrected chi connectivity index (χ0v) is 11.0. The van der Waals surface area contributed by atoms with Gasteiger partial charge in [0.1, 0.15) is 11.6 Å². The van der Waals surface area contributed by atoms with Gasteiger partial charge in [-0.05, 0) is 37.8 Å². The minimum absolute atomic E-state index is 0.0163. The highest BCUT2D eigenvalue weighted by molar-refractivity contribution is 5.34. The summed E-state index contributed by atoms with van der Waals surface area (Å²) in [5.74, 6) is -0.699. The number of nitriles is 1. The fourth-order valence-corrected chi connectivity index (χ4v) is 2.72. The van der Waals surface area contributed by atoms with E-state index in [2.05, 4.69) is 12.2 Å². The van der Waals surface area contributed by atoms with Gasteiger partial charge < -0.3 is 5.32 Å². The highest BCUT2D eigenvalue weighted by Gasteiger charge is 2.21. The van der Waals surface area contributed by atoms with E-state index in [0.29, 0.717) is 5.92 Å². The molecule has 0 amide bonds. The monoisotopic (exact) mass is 264 g/mol. The van der Waals surface area contributed by atoms with Crippen LogP contribution in [0.4, 0.5) is 8.78 Å². The third-order valence-electron chi connectivity index (χ3n) is 3.98. The largest absolute Gasteiger partial charge is 0.310 e. The van der Waals surface area contributed by atoms with E-state index in [1.54, 1.807) is 6.07 Å². The lowest BCUT2D eigenvalue weighted by molar-refractivity contribution is 0.374. The van der Waals surface area contributed by atoms with E-state index in [-0.39, 0.29) is 23.7 Å². The number of nitrogens with one attached hydrogen (secondary N) is 1. The Morgan fingerprint density at radius 3 is 2.42 bits per heavy atom. The summed E-state index contributed by atoms with van der Waals surface area (Å²) >= 11 is 0. The first-order chi connectivity index (χ1) is 9.11. The number of benzene rings is 1. The number of hydrogen-bond acceptors (Lipinski definition) is 2. The molecule has 0 radical (unpaired) electrons. The molecule has 0 aromatic heterocycles. The van der Waals surface area contributed by atoms with Crippen LogP contribution in [0.1, 0.15) is 43.7 Å². The number of nitrogens with zero attached hydrogens (tertiary/aromatic N) is 1. The first-order valence-corrected chi connectivity index (χ1v) is 6.73. The summed E-state index contributed by atoms with van der Waals surface area (Å²) in [7, 11) is 0. The quantitative estimate of drug-likeness (QED) is 0.903. The molecule has 1 atom stereocenters. The summed E-state index contributed by atoms with van der Waals surface area (Å²) in [6.07, 6.45) is 4.87. The first kappa shape index (κ1) is 14.0. The standard InChI is InChI=1S/C15H18F2N2/c1-10(12-4-2-3-5-12)19-9-13-14(16)6-11(8-18)7-15(13)17/h6-7,10,12,19H,2-5,9H2,1H3. The highest BCUT2D eigenvalue weighted by atomic mass is 19.1. The van der Waals surface area contributed by atoms with E-state index in [4.69, 9.17) is 5.26 Å². The number of halogens is 2. The van der Waals surface area contributed by atoms with Crippen LogP contribution in [0.2, 0.25) is 0 Å². The third kappa shape index (κ3) is 3.30. The topological polar surface area (TPSA) is 35.8 Å². The van der Waals surface area contributed by atoms with Gasteiger partial charge in [0, 0.05) is 18.2 Å². The normalized spacial score (nSPS) is 17.4. The molecule has 1 aromatic carbocycles. The summed E-state index contributed by atoms with van der Waals surface area (Å²) in [6, 6.07) is 4.17. The predicted octanol–water partition coefficient (Wildman–Crippen LogP) is 3.50. The van der Waals surface area contributed by atoms with E-state index < -0.39 is 11.6 Å². The summed E-state index contributed by atoms with van der Waals surface area (Å²) in [6.45, 7) is 2.23. The fourth-order valence-electron chi connectivity index (χ4n) is 2.72. The van der Waals surface area contributed by atoms with Crippen molar-refractivity contribution in [1.29, 1.82) is 5.26 Å². The van der Waals surface area contributed by atoms with E-state index in [9.17, 15) is 8.78 Å². The minimum Gasteiger partial charge on any atom is -0.310 e. The lowest BCUT2D eigenvalue weighted by Crippen LogP contribution is -2.32. The molecule has 0 heterocycles. The molecule has 1 aromatic rings. The molecule has 1 N–H and O–H groups in total. The van der Waals surface area contributed by atoms with Gasteiger partial charge in [-0.2, -0.15) is 5.26 Å². The van der Waals surface area contributed by atoms with Crippen LogP contribution in [0.15, 0.2) is 12.1 Å². The van der Waals surface area contributed by atoms with Crippen molar-refractivity contribution in [3.8, 4) is 6.07 Å². The molecule has 1 aliphatic carbocycles. The summed E-state index contributed by atoms with van der Waals surface area (Å²) < 4.78 is 27.4. The lowest BCUT2D eigenvalue weighted by Gasteiger charge is -2.20. The molecule has 0 bridgehead atoms. The van der Waals surface area contributed by atoms with E-state index in [1.165, 1.54) is 25.7 Å². The van der Waals surface area contributed by atoms with Crippen molar-refractivity contribution in [3.63, 3.8) is 0 Å². The lowest BCUT2D eigenvalue weighted by atomic mass is 9.99. The van der Waals surface area contributed by atoms with Crippen molar-refractivity contribution >= 4 is 0 Å². The Kier molecular flexibility index (Phi) is 4.49. The number of hydrogen-bond donors (Lipinski definition) is 1. The molecule has 0 spiro atoms. The average molecular weight is 264 g/mol. The van der Waals surface area contributed by atoms with Crippen LogP contribution < -0.4 is 5.32 Å². The Labute approximate surface area is 112 Å². The van der Waals surface area contributed by atoms with Crippen molar-refractivity contribution in [2.24, 2.45) is 5.92 Å². The summed E-state index contributed by atoms with van der Waals surface area (Å²) in [5.41, 5.74) is 0.0337. The molecule has 4 heteroatoms. The van der Waals surface area contributed by atoms with Gasteiger partial charge in [-0.1, -0.05) is 12.8 Å². The molecule has 2 nitrogen and oxygen atoms in total. The Hall–Kier alpha value is -1.47. The van der Waals surface area contributed by atoms with Gasteiger partial charge in [-0.25, -0.2) is 8.78 Å². The van der Waals surface area contributed by atoms with E-state index >= 15 is 0 Å². The Morgan fingerprint density at radius 2 is 1.89 bits per heavy atom. The van der Waals surface area contributed by atoms with E-state index in [1.807, 2.05) is 0 Å². The fraction of sp³-hybridized carbons (Fsp3) is 0.533. The Bertz CT molecular complexity index is 464. The molecule has 1 aliphatic rings. The van der Waals surface area contributed by atoms with Crippen molar-refractivity contribution in [1.82, 2.24) is 5.32 Å². The molecule has 19 heavy (non-hydrogen) atoms. The van der Waals surface area contributed by atoms with Gasteiger partial charge >= 0.3 is 0 Å². The smallest absolute Gasteiger partial charge is 0.131 e. The van der Waals surface area contributed by atoms with Crippen LogP contribution in [0, 0.1) is 28.9 Å². The van der Waals surface area contributed by atoms with Gasteiger partial charge in [0.25, 0.3) is 0 Å². The van der Waals surface area contributed by atoms with Gasteiger partial charge in [0.05, 0.1) is 11.6 Å². The van der Waals surface area contributed by atoms with Gasteiger partial charge in [0.2, 0.25) is 0 Å². The van der Waals surface area contributed by atoms with Crippen LogP contribution in [-0.2, 0) is 6.54 Å². The van der Waals surface area contributed by atoms with Crippen molar-refractivity contribution in [2.75, 3.05) is 0 Å². The second-order valence-electron chi connectivity index (χ2n) is 5.24. The Balaban J connectivity index is 2.01. The van der Waals surface area contributed by atoms with Crippen LogP contribution in [-0.4, -0.2) is 6.04 Å². The molecule has 2 rings (SSSR count). The SMILES string of the molecule is CC(NCc1c(F)cc(C#N)cc1F)C1CCCC1. The Morgan fingerprint density at radius 1 is 1.32 bits per heavy atom. The maximum absolute atomic E-state index is 13.7.